The molecule has 5 rings (SSSR count). The average molecular weight is 600 g/mol. The Kier molecular flexibility index (Phi) is 9.59. The number of hydrogen-bond donors (Lipinski definition) is 1. The molecule has 0 aliphatic heterocycles. The molecule has 0 aliphatic carbocycles. The molecule has 1 amide bonds. The zero-order valence-corrected chi connectivity index (χ0v) is 24.4. The van der Waals surface area contributed by atoms with Gasteiger partial charge in [-0.1, -0.05) is 96.0 Å². The molecule has 0 fully saturated rings. The average Bonchev–Trinajstić information content (AvgIpc) is 3.00. The molecule has 0 heterocycles. The highest BCUT2D eigenvalue weighted by Crippen LogP contribution is 2.35. The molecule has 5 aromatic rings. The van der Waals surface area contributed by atoms with Crippen molar-refractivity contribution in [3.05, 3.63) is 135 Å². The van der Waals surface area contributed by atoms with Gasteiger partial charge < -0.3 is 14.2 Å². The van der Waals surface area contributed by atoms with E-state index in [-0.39, 0.29) is 12.5 Å². The van der Waals surface area contributed by atoms with Gasteiger partial charge in [0.15, 0.2) is 17.2 Å². The van der Waals surface area contributed by atoms with Crippen LogP contribution in [0.1, 0.15) is 34.0 Å². The van der Waals surface area contributed by atoms with Gasteiger partial charge in [0.1, 0.15) is 13.2 Å². The van der Waals surface area contributed by atoms with Crippen molar-refractivity contribution in [1.82, 2.24) is 5.43 Å². The third kappa shape index (κ3) is 7.21. The Hall–Kier alpha value is -4.52. The van der Waals surface area contributed by atoms with Gasteiger partial charge in [-0.3, -0.25) is 4.79 Å². The van der Waals surface area contributed by atoms with Gasteiger partial charge >= 0.3 is 0 Å². The number of rotatable bonds is 11. The highest BCUT2D eigenvalue weighted by molar-refractivity contribution is 6.37. The first-order chi connectivity index (χ1) is 20.5. The molecule has 42 heavy (non-hydrogen) atoms. The third-order valence-electron chi connectivity index (χ3n) is 6.36. The van der Waals surface area contributed by atoms with Crippen molar-refractivity contribution in [3.8, 4) is 17.2 Å². The first-order valence-corrected chi connectivity index (χ1v) is 14.1. The molecule has 0 unspecified atom stereocenters. The fraction of sp³-hybridized carbons (Fsp3) is 0.118. The number of hydrazone groups is 1. The summed E-state index contributed by atoms with van der Waals surface area (Å²) in [6.07, 6.45) is 1.48. The first kappa shape index (κ1) is 29.0. The molecular weight excluding hydrogens is 571 g/mol. The van der Waals surface area contributed by atoms with Crippen LogP contribution < -0.4 is 19.6 Å². The Morgan fingerprint density at radius 1 is 0.762 bits per heavy atom. The van der Waals surface area contributed by atoms with Crippen LogP contribution in [-0.2, 0) is 13.2 Å². The molecule has 0 saturated heterocycles. The number of nitrogens with zero attached hydrogens (tertiary/aromatic N) is 1. The van der Waals surface area contributed by atoms with E-state index >= 15 is 0 Å². The first-order valence-electron chi connectivity index (χ1n) is 13.4. The minimum absolute atomic E-state index is 0.215. The SMILES string of the molecule is CCOc1cc(COc2c(Cl)cc(/C=N/NC(=O)c3cccc4ccccc34)cc2Cl)ccc1OCc1ccccc1. The number of benzene rings is 5. The maximum Gasteiger partial charge on any atom is 0.271 e. The van der Waals surface area contributed by atoms with E-state index in [4.69, 9.17) is 37.4 Å². The lowest BCUT2D eigenvalue weighted by Crippen LogP contribution is -2.17. The summed E-state index contributed by atoms with van der Waals surface area (Å²) in [6, 6.07) is 32.2. The number of hydrogen-bond acceptors (Lipinski definition) is 5. The van der Waals surface area contributed by atoms with E-state index in [0.717, 1.165) is 21.9 Å². The molecule has 0 radical (unpaired) electrons. The van der Waals surface area contributed by atoms with Crippen LogP contribution >= 0.6 is 23.2 Å². The molecule has 212 valence electrons. The van der Waals surface area contributed by atoms with Gasteiger partial charge in [-0.2, -0.15) is 5.10 Å². The van der Waals surface area contributed by atoms with Gasteiger partial charge in [-0.15, -0.1) is 0 Å². The van der Waals surface area contributed by atoms with Crippen molar-refractivity contribution in [3.63, 3.8) is 0 Å². The smallest absolute Gasteiger partial charge is 0.271 e. The van der Waals surface area contributed by atoms with E-state index in [2.05, 4.69) is 10.5 Å². The normalized spacial score (nSPS) is 11.0. The Labute approximate surface area is 254 Å². The van der Waals surface area contributed by atoms with Crippen LogP contribution in [0.2, 0.25) is 10.0 Å². The summed E-state index contributed by atoms with van der Waals surface area (Å²) in [5.74, 6) is 1.31. The van der Waals surface area contributed by atoms with E-state index in [1.165, 1.54) is 6.21 Å². The lowest BCUT2D eigenvalue weighted by Gasteiger charge is -2.15. The molecular formula is C34H28Cl2N2O4. The van der Waals surface area contributed by atoms with Gasteiger partial charge in [0.2, 0.25) is 0 Å². The minimum Gasteiger partial charge on any atom is -0.490 e. The third-order valence-corrected chi connectivity index (χ3v) is 6.92. The van der Waals surface area contributed by atoms with Crippen LogP contribution in [0, 0.1) is 0 Å². The van der Waals surface area contributed by atoms with Crippen molar-refractivity contribution >= 4 is 46.1 Å². The van der Waals surface area contributed by atoms with Gasteiger partial charge in [-0.25, -0.2) is 5.43 Å². The maximum atomic E-state index is 12.7. The van der Waals surface area contributed by atoms with E-state index in [9.17, 15) is 4.79 Å². The lowest BCUT2D eigenvalue weighted by atomic mass is 10.0. The molecule has 5 aromatic carbocycles. The second-order valence-corrected chi connectivity index (χ2v) is 10.1. The summed E-state index contributed by atoms with van der Waals surface area (Å²) >= 11 is 13.0. The van der Waals surface area contributed by atoms with Gasteiger partial charge in [-0.05, 0) is 64.7 Å². The van der Waals surface area contributed by atoms with Crippen LogP contribution in [-0.4, -0.2) is 18.7 Å². The van der Waals surface area contributed by atoms with Crippen LogP contribution in [0.3, 0.4) is 0 Å². The van der Waals surface area contributed by atoms with Crippen LogP contribution in [0.4, 0.5) is 0 Å². The predicted molar refractivity (Wildman–Crippen MR) is 168 cm³/mol. The van der Waals surface area contributed by atoms with Crippen LogP contribution in [0.5, 0.6) is 17.2 Å². The van der Waals surface area contributed by atoms with Crippen molar-refractivity contribution < 1.29 is 19.0 Å². The number of nitrogens with one attached hydrogen (secondary N) is 1. The molecule has 0 saturated carbocycles. The summed E-state index contributed by atoms with van der Waals surface area (Å²) < 4.78 is 17.8. The number of ether oxygens (including phenoxy) is 3. The highest BCUT2D eigenvalue weighted by Gasteiger charge is 2.13. The summed E-state index contributed by atoms with van der Waals surface area (Å²) in [5, 5.41) is 6.55. The second-order valence-electron chi connectivity index (χ2n) is 9.32. The number of fused-ring (bicyclic) bond motifs is 1. The minimum atomic E-state index is -0.317. The largest absolute Gasteiger partial charge is 0.490 e. The zero-order chi connectivity index (χ0) is 29.3. The monoisotopic (exact) mass is 598 g/mol. The van der Waals surface area contributed by atoms with Crippen molar-refractivity contribution in [2.45, 2.75) is 20.1 Å². The number of carbonyl (C=O) groups is 1. The molecule has 1 N–H and O–H groups in total. The molecule has 0 bridgehead atoms. The summed E-state index contributed by atoms with van der Waals surface area (Å²) in [7, 11) is 0. The van der Waals surface area contributed by atoms with Crippen molar-refractivity contribution in [2.24, 2.45) is 5.10 Å². The van der Waals surface area contributed by atoms with E-state index < -0.39 is 0 Å². The summed E-state index contributed by atoms with van der Waals surface area (Å²) in [4.78, 5) is 12.7. The summed E-state index contributed by atoms with van der Waals surface area (Å²) in [5.41, 5.74) is 5.64. The van der Waals surface area contributed by atoms with Crippen LogP contribution in [0.15, 0.2) is 108 Å². The molecule has 0 aliphatic rings. The fourth-order valence-corrected chi connectivity index (χ4v) is 4.97. The van der Waals surface area contributed by atoms with Crippen LogP contribution in [0.25, 0.3) is 10.8 Å². The topological polar surface area (TPSA) is 69.2 Å². The molecule has 8 heteroatoms. The highest BCUT2D eigenvalue weighted by atomic mass is 35.5. The molecule has 0 spiro atoms. The molecule has 6 nitrogen and oxygen atoms in total. The van der Waals surface area contributed by atoms with Gasteiger partial charge in [0.25, 0.3) is 5.91 Å². The lowest BCUT2D eigenvalue weighted by molar-refractivity contribution is 0.0957. The summed E-state index contributed by atoms with van der Waals surface area (Å²) in [6.45, 7) is 3.07. The van der Waals surface area contributed by atoms with E-state index in [1.54, 1.807) is 18.2 Å². The van der Waals surface area contributed by atoms with Gasteiger partial charge in [0.05, 0.1) is 22.9 Å². The quantitative estimate of drug-likeness (QED) is 0.122. The van der Waals surface area contributed by atoms with Crippen molar-refractivity contribution in [2.75, 3.05) is 6.61 Å². The second kappa shape index (κ2) is 13.9. The number of halogens is 2. The van der Waals surface area contributed by atoms with E-state index in [0.29, 0.717) is 51.6 Å². The predicted octanol–water partition coefficient (Wildman–Crippen LogP) is 8.47. The molecule has 0 aromatic heterocycles. The number of amides is 1. The Balaban J connectivity index is 1.22. The van der Waals surface area contributed by atoms with Crippen molar-refractivity contribution in [1.29, 1.82) is 0 Å². The standard InChI is InChI=1S/C34H28Cl2N2O4/c1-2-40-32-19-24(15-16-31(32)41-21-23-9-4-3-5-10-23)22-42-33-29(35)17-25(18-30(33)36)20-37-38-34(39)28-14-8-12-26-11-6-7-13-27(26)28/h3-20H,2,21-22H2,1H3,(H,38,39)/b37-20+. The Bertz CT molecular complexity index is 1700. The van der Waals surface area contributed by atoms with Gasteiger partial charge in [0, 0.05) is 5.56 Å². The maximum absolute atomic E-state index is 12.7. The Morgan fingerprint density at radius 3 is 2.26 bits per heavy atom. The number of carbonyl (C=O) groups excluding carboxylic acids is 1. The van der Waals surface area contributed by atoms with E-state index in [1.807, 2.05) is 91.9 Å². The zero-order valence-electron chi connectivity index (χ0n) is 22.8. The molecule has 0 atom stereocenters. The Morgan fingerprint density at radius 2 is 1.48 bits per heavy atom. The fourth-order valence-electron chi connectivity index (χ4n) is 4.36.